The largest absolute Gasteiger partial charge is 0.354 e. The zero-order chi connectivity index (χ0) is 9.90. The fourth-order valence-corrected chi connectivity index (χ4v) is 1.60. The second-order valence-corrected chi connectivity index (χ2v) is 3.83. The summed E-state index contributed by atoms with van der Waals surface area (Å²) >= 11 is 0. The molecule has 1 amide bonds. The molecule has 0 bridgehead atoms. The molecular weight excluding hydrogens is 166 g/mol. The quantitative estimate of drug-likeness (QED) is 0.626. The van der Waals surface area contributed by atoms with Crippen molar-refractivity contribution in [3.63, 3.8) is 0 Å². The van der Waals surface area contributed by atoms with Crippen LogP contribution in [0.4, 0.5) is 0 Å². The van der Waals surface area contributed by atoms with Crippen molar-refractivity contribution in [1.29, 1.82) is 0 Å². The lowest BCUT2D eigenvalue weighted by molar-refractivity contribution is -0.126. The van der Waals surface area contributed by atoms with Gasteiger partial charge in [-0.15, -0.1) is 0 Å². The second-order valence-electron chi connectivity index (χ2n) is 3.83. The molecule has 0 aliphatic carbocycles. The molecule has 3 N–H and O–H groups in total. The highest BCUT2D eigenvalue weighted by Crippen LogP contribution is 2.18. The van der Waals surface area contributed by atoms with Gasteiger partial charge in [0.05, 0.1) is 6.54 Å². The third-order valence-electron chi connectivity index (χ3n) is 3.00. The Balaban J connectivity index is 2.62. The Bertz CT molecular complexity index is 189. The van der Waals surface area contributed by atoms with Gasteiger partial charge in [0, 0.05) is 25.2 Å². The van der Waals surface area contributed by atoms with Gasteiger partial charge in [0.1, 0.15) is 0 Å². The van der Waals surface area contributed by atoms with Crippen molar-refractivity contribution in [1.82, 2.24) is 10.2 Å². The molecule has 0 spiro atoms. The van der Waals surface area contributed by atoms with Gasteiger partial charge in [-0.1, -0.05) is 6.92 Å². The summed E-state index contributed by atoms with van der Waals surface area (Å²) in [6.07, 6.45) is 0.983. The maximum absolute atomic E-state index is 11.2. The van der Waals surface area contributed by atoms with Crippen LogP contribution in [0, 0.1) is 0 Å². The fraction of sp³-hybridized carbons (Fsp3) is 0.889. The predicted octanol–water partition coefficient (Wildman–Crippen LogP) is -0.454. The van der Waals surface area contributed by atoms with Gasteiger partial charge in [-0.25, -0.2) is 0 Å². The molecule has 4 heteroatoms. The van der Waals surface area contributed by atoms with Crippen molar-refractivity contribution in [2.24, 2.45) is 5.73 Å². The average Bonchev–Trinajstić information content (AvgIpc) is 2.17. The van der Waals surface area contributed by atoms with Gasteiger partial charge in [-0.3, -0.25) is 9.69 Å². The SMILES string of the molecule is CCC(C)(CN)N1CCNC(=O)C1. The van der Waals surface area contributed by atoms with E-state index in [0.29, 0.717) is 13.1 Å². The number of nitrogens with one attached hydrogen (secondary N) is 1. The van der Waals surface area contributed by atoms with Gasteiger partial charge in [-0.2, -0.15) is 0 Å². The summed E-state index contributed by atoms with van der Waals surface area (Å²) in [5.41, 5.74) is 5.70. The first-order valence-electron chi connectivity index (χ1n) is 4.84. The number of piperazine rings is 1. The topological polar surface area (TPSA) is 58.4 Å². The van der Waals surface area contributed by atoms with Crippen molar-refractivity contribution in [2.75, 3.05) is 26.2 Å². The third-order valence-corrected chi connectivity index (χ3v) is 3.00. The molecule has 1 atom stereocenters. The smallest absolute Gasteiger partial charge is 0.234 e. The van der Waals surface area contributed by atoms with Crippen molar-refractivity contribution in [3.05, 3.63) is 0 Å². The molecule has 4 nitrogen and oxygen atoms in total. The molecule has 0 radical (unpaired) electrons. The Morgan fingerprint density at radius 3 is 2.85 bits per heavy atom. The minimum atomic E-state index is -0.0161. The number of carbonyl (C=O) groups is 1. The molecule has 1 heterocycles. The summed E-state index contributed by atoms with van der Waals surface area (Å²) in [6, 6.07) is 0. The highest BCUT2D eigenvalue weighted by molar-refractivity contribution is 5.78. The lowest BCUT2D eigenvalue weighted by Gasteiger charge is -2.41. The number of hydrogen-bond donors (Lipinski definition) is 2. The Hall–Kier alpha value is -0.610. The van der Waals surface area contributed by atoms with Crippen molar-refractivity contribution >= 4 is 5.91 Å². The van der Waals surface area contributed by atoms with Crippen LogP contribution in [0.3, 0.4) is 0 Å². The summed E-state index contributed by atoms with van der Waals surface area (Å²) in [6.45, 7) is 6.98. The minimum absolute atomic E-state index is 0.0161. The van der Waals surface area contributed by atoms with E-state index >= 15 is 0 Å². The summed E-state index contributed by atoms with van der Waals surface area (Å²) in [5, 5.41) is 2.81. The van der Waals surface area contributed by atoms with Crippen LogP contribution in [0.5, 0.6) is 0 Å². The van der Waals surface area contributed by atoms with E-state index in [1.807, 2.05) is 0 Å². The van der Waals surface area contributed by atoms with Gasteiger partial charge in [0.25, 0.3) is 0 Å². The molecule has 76 valence electrons. The van der Waals surface area contributed by atoms with E-state index in [2.05, 4.69) is 24.1 Å². The van der Waals surface area contributed by atoms with Crippen LogP contribution in [0.25, 0.3) is 0 Å². The predicted molar refractivity (Wildman–Crippen MR) is 52.3 cm³/mol. The average molecular weight is 185 g/mol. The van der Waals surface area contributed by atoms with Gasteiger partial charge in [-0.05, 0) is 13.3 Å². The highest BCUT2D eigenvalue weighted by atomic mass is 16.2. The molecule has 0 aromatic carbocycles. The van der Waals surface area contributed by atoms with Crippen LogP contribution in [-0.4, -0.2) is 42.5 Å². The normalized spacial score (nSPS) is 23.8. The molecule has 0 aromatic heterocycles. The molecule has 1 saturated heterocycles. The molecule has 1 aliphatic heterocycles. The molecule has 1 aliphatic rings. The number of hydrogen-bond acceptors (Lipinski definition) is 3. The van der Waals surface area contributed by atoms with Gasteiger partial charge >= 0.3 is 0 Å². The first-order chi connectivity index (χ1) is 6.12. The van der Waals surface area contributed by atoms with Crippen molar-refractivity contribution in [3.8, 4) is 0 Å². The standard InChI is InChI=1S/C9H19N3O/c1-3-9(2,7-10)12-5-4-11-8(13)6-12/h3-7,10H2,1-2H3,(H,11,13). The summed E-state index contributed by atoms with van der Waals surface area (Å²) in [7, 11) is 0. The summed E-state index contributed by atoms with van der Waals surface area (Å²) in [5.74, 6) is 0.111. The molecule has 1 rings (SSSR count). The van der Waals surface area contributed by atoms with E-state index in [0.717, 1.165) is 19.5 Å². The van der Waals surface area contributed by atoms with E-state index in [1.165, 1.54) is 0 Å². The first-order valence-corrected chi connectivity index (χ1v) is 4.84. The van der Waals surface area contributed by atoms with Crippen molar-refractivity contribution < 1.29 is 4.79 Å². The van der Waals surface area contributed by atoms with E-state index in [-0.39, 0.29) is 11.4 Å². The van der Waals surface area contributed by atoms with Gasteiger partial charge in [0.15, 0.2) is 0 Å². The molecule has 0 saturated carbocycles. The monoisotopic (exact) mass is 185 g/mol. The van der Waals surface area contributed by atoms with Crippen LogP contribution in [0.15, 0.2) is 0 Å². The number of nitrogens with two attached hydrogens (primary N) is 1. The Kier molecular flexibility index (Phi) is 3.27. The van der Waals surface area contributed by atoms with Crippen LogP contribution < -0.4 is 11.1 Å². The van der Waals surface area contributed by atoms with Crippen LogP contribution in [0.2, 0.25) is 0 Å². The zero-order valence-electron chi connectivity index (χ0n) is 8.47. The van der Waals surface area contributed by atoms with Gasteiger partial charge in [0.2, 0.25) is 5.91 Å². The summed E-state index contributed by atoms with van der Waals surface area (Å²) in [4.78, 5) is 13.3. The molecule has 13 heavy (non-hydrogen) atoms. The Morgan fingerprint density at radius 1 is 1.69 bits per heavy atom. The first kappa shape index (κ1) is 10.5. The molecule has 1 unspecified atom stereocenters. The third kappa shape index (κ3) is 2.19. The maximum Gasteiger partial charge on any atom is 0.234 e. The number of amides is 1. The number of carbonyl (C=O) groups excluding carboxylic acids is 1. The zero-order valence-corrected chi connectivity index (χ0v) is 8.47. The van der Waals surface area contributed by atoms with Crippen LogP contribution in [-0.2, 0) is 4.79 Å². The van der Waals surface area contributed by atoms with Gasteiger partial charge < -0.3 is 11.1 Å². The lowest BCUT2D eigenvalue weighted by Crippen LogP contribution is -2.59. The van der Waals surface area contributed by atoms with Crippen LogP contribution >= 0.6 is 0 Å². The van der Waals surface area contributed by atoms with E-state index in [1.54, 1.807) is 0 Å². The van der Waals surface area contributed by atoms with E-state index in [9.17, 15) is 4.79 Å². The fourth-order valence-electron chi connectivity index (χ4n) is 1.60. The van der Waals surface area contributed by atoms with E-state index in [4.69, 9.17) is 5.73 Å². The highest BCUT2D eigenvalue weighted by Gasteiger charge is 2.31. The Labute approximate surface area is 79.5 Å². The Morgan fingerprint density at radius 2 is 2.38 bits per heavy atom. The minimum Gasteiger partial charge on any atom is -0.354 e. The molecule has 0 aromatic rings. The maximum atomic E-state index is 11.2. The molecular formula is C9H19N3O. The summed E-state index contributed by atoms with van der Waals surface area (Å²) < 4.78 is 0. The second kappa shape index (κ2) is 4.07. The van der Waals surface area contributed by atoms with E-state index < -0.39 is 0 Å². The molecule has 1 fully saturated rings. The number of nitrogens with zero attached hydrogens (tertiary/aromatic N) is 1. The van der Waals surface area contributed by atoms with Crippen molar-refractivity contribution in [2.45, 2.75) is 25.8 Å². The lowest BCUT2D eigenvalue weighted by atomic mass is 9.96. The number of rotatable bonds is 3. The van der Waals surface area contributed by atoms with Crippen LogP contribution in [0.1, 0.15) is 20.3 Å².